The Kier molecular flexibility index (Phi) is 3.40. The van der Waals surface area contributed by atoms with Crippen molar-refractivity contribution in [3.8, 4) is 0 Å². The fraction of sp³-hybridized carbons (Fsp3) is 0.400. The minimum atomic E-state index is -0.0375. The van der Waals surface area contributed by atoms with Crippen LogP contribution in [0.3, 0.4) is 0 Å². The number of nitrogens with one attached hydrogen (secondary N) is 1. The SMILES string of the molecule is O=c1[nH]c2ccccc2n1CC=CN1CCCCC1. The van der Waals surface area contributed by atoms with Gasteiger partial charge in [-0.25, -0.2) is 4.79 Å². The molecule has 1 aromatic heterocycles. The van der Waals surface area contributed by atoms with Crippen molar-refractivity contribution in [2.75, 3.05) is 13.1 Å². The summed E-state index contributed by atoms with van der Waals surface area (Å²) >= 11 is 0. The largest absolute Gasteiger partial charge is 0.378 e. The fourth-order valence-corrected chi connectivity index (χ4v) is 2.66. The number of hydrogen-bond donors (Lipinski definition) is 1. The van der Waals surface area contributed by atoms with Crippen LogP contribution in [0.4, 0.5) is 0 Å². The maximum atomic E-state index is 11.9. The molecule has 1 fully saturated rings. The second-order valence-electron chi connectivity index (χ2n) is 5.04. The van der Waals surface area contributed by atoms with Crippen LogP contribution in [0.1, 0.15) is 19.3 Å². The number of likely N-dealkylation sites (tertiary alicyclic amines) is 1. The van der Waals surface area contributed by atoms with Gasteiger partial charge < -0.3 is 9.88 Å². The molecule has 2 heterocycles. The maximum absolute atomic E-state index is 11.9. The van der Waals surface area contributed by atoms with Crippen molar-refractivity contribution in [2.24, 2.45) is 0 Å². The van der Waals surface area contributed by atoms with Gasteiger partial charge in [-0.15, -0.1) is 0 Å². The summed E-state index contributed by atoms with van der Waals surface area (Å²) in [5.41, 5.74) is 1.83. The molecule has 0 aliphatic carbocycles. The first-order valence-corrected chi connectivity index (χ1v) is 6.93. The standard InChI is InChI=1S/C15H19N3O/c19-15-16-13-7-2-3-8-14(13)18(15)12-6-11-17-9-4-1-5-10-17/h2-3,6-8,11H,1,4-5,9-10,12H2,(H,16,19). The van der Waals surface area contributed by atoms with Crippen LogP contribution in [-0.2, 0) is 6.54 Å². The lowest BCUT2D eigenvalue weighted by Gasteiger charge is -2.24. The number of piperidine rings is 1. The molecule has 0 saturated carbocycles. The predicted molar refractivity (Wildman–Crippen MR) is 77.1 cm³/mol. The number of para-hydroxylation sites is 2. The highest BCUT2D eigenvalue weighted by Gasteiger charge is 2.06. The first-order chi connectivity index (χ1) is 9.34. The summed E-state index contributed by atoms with van der Waals surface area (Å²) in [6.07, 6.45) is 8.10. The third-order valence-corrected chi connectivity index (χ3v) is 3.68. The zero-order valence-electron chi connectivity index (χ0n) is 11.0. The molecule has 19 heavy (non-hydrogen) atoms. The van der Waals surface area contributed by atoms with Gasteiger partial charge in [0.15, 0.2) is 0 Å². The molecular weight excluding hydrogens is 238 g/mol. The van der Waals surface area contributed by atoms with Crippen molar-refractivity contribution in [3.05, 3.63) is 47.0 Å². The number of allylic oxidation sites excluding steroid dienone is 1. The average molecular weight is 257 g/mol. The van der Waals surface area contributed by atoms with Gasteiger partial charge in [0.05, 0.1) is 11.0 Å². The highest BCUT2D eigenvalue weighted by atomic mass is 16.1. The van der Waals surface area contributed by atoms with Gasteiger partial charge in [-0.1, -0.05) is 12.1 Å². The summed E-state index contributed by atoms with van der Waals surface area (Å²) in [4.78, 5) is 17.1. The van der Waals surface area contributed by atoms with Crippen LogP contribution in [0.15, 0.2) is 41.3 Å². The molecule has 1 N–H and O–H groups in total. The average Bonchev–Trinajstić information content (AvgIpc) is 2.76. The van der Waals surface area contributed by atoms with Crippen LogP contribution in [0.25, 0.3) is 11.0 Å². The third kappa shape index (κ3) is 2.57. The van der Waals surface area contributed by atoms with E-state index in [0.717, 1.165) is 24.1 Å². The number of imidazole rings is 1. The van der Waals surface area contributed by atoms with Crippen LogP contribution < -0.4 is 5.69 Å². The Morgan fingerprint density at radius 3 is 2.79 bits per heavy atom. The number of rotatable bonds is 3. The number of benzene rings is 1. The van der Waals surface area contributed by atoms with E-state index >= 15 is 0 Å². The number of H-pyrrole nitrogens is 1. The molecule has 1 aliphatic heterocycles. The topological polar surface area (TPSA) is 41.0 Å². The molecule has 2 aromatic rings. The molecule has 0 unspecified atom stereocenters. The number of aromatic nitrogens is 2. The zero-order valence-corrected chi connectivity index (χ0v) is 11.0. The van der Waals surface area contributed by atoms with E-state index in [9.17, 15) is 4.79 Å². The summed E-state index contributed by atoms with van der Waals surface area (Å²) in [5, 5.41) is 0. The molecule has 1 aromatic carbocycles. The van der Waals surface area contributed by atoms with E-state index in [4.69, 9.17) is 0 Å². The van der Waals surface area contributed by atoms with E-state index in [1.165, 1.54) is 19.3 Å². The maximum Gasteiger partial charge on any atom is 0.326 e. The highest BCUT2D eigenvalue weighted by molar-refractivity contribution is 5.74. The monoisotopic (exact) mass is 257 g/mol. The molecule has 0 atom stereocenters. The number of fused-ring (bicyclic) bond motifs is 1. The van der Waals surface area contributed by atoms with Crippen molar-refractivity contribution in [1.29, 1.82) is 0 Å². The summed E-state index contributed by atoms with van der Waals surface area (Å²) in [5.74, 6) is 0. The quantitative estimate of drug-likeness (QED) is 0.917. The normalized spacial score (nSPS) is 16.5. The summed E-state index contributed by atoms with van der Waals surface area (Å²) < 4.78 is 1.77. The molecule has 4 nitrogen and oxygen atoms in total. The molecule has 4 heteroatoms. The second kappa shape index (κ2) is 5.34. The molecule has 0 radical (unpaired) electrons. The Balaban J connectivity index is 1.76. The van der Waals surface area contributed by atoms with E-state index < -0.39 is 0 Å². The smallest absolute Gasteiger partial charge is 0.326 e. The minimum absolute atomic E-state index is 0.0375. The predicted octanol–water partition coefficient (Wildman–Crippen LogP) is 2.33. The molecule has 0 bridgehead atoms. The van der Waals surface area contributed by atoms with Crippen molar-refractivity contribution in [2.45, 2.75) is 25.8 Å². The summed E-state index contributed by atoms with van der Waals surface area (Å²) in [6, 6.07) is 7.80. The first kappa shape index (κ1) is 12.1. The zero-order chi connectivity index (χ0) is 13.1. The van der Waals surface area contributed by atoms with E-state index in [-0.39, 0.29) is 5.69 Å². The van der Waals surface area contributed by atoms with Gasteiger partial charge in [-0.2, -0.15) is 0 Å². The van der Waals surface area contributed by atoms with Crippen LogP contribution in [0, 0.1) is 0 Å². The van der Waals surface area contributed by atoms with Gasteiger partial charge >= 0.3 is 5.69 Å². The van der Waals surface area contributed by atoms with Gasteiger partial charge in [-0.3, -0.25) is 4.57 Å². The molecular formula is C15H19N3O. The number of hydrogen-bond acceptors (Lipinski definition) is 2. The van der Waals surface area contributed by atoms with Crippen molar-refractivity contribution in [1.82, 2.24) is 14.5 Å². The summed E-state index contributed by atoms with van der Waals surface area (Å²) in [6.45, 7) is 2.90. The van der Waals surface area contributed by atoms with Crippen LogP contribution in [0.5, 0.6) is 0 Å². The Bertz CT molecular complexity index is 632. The fourth-order valence-electron chi connectivity index (χ4n) is 2.66. The Morgan fingerprint density at radius 2 is 1.95 bits per heavy atom. The molecule has 1 aliphatic rings. The first-order valence-electron chi connectivity index (χ1n) is 6.93. The van der Waals surface area contributed by atoms with Crippen molar-refractivity contribution >= 4 is 11.0 Å². The molecule has 3 rings (SSSR count). The number of aromatic amines is 1. The van der Waals surface area contributed by atoms with E-state index in [1.54, 1.807) is 4.57 Å². The molecule has 1 saturated heterocycles. The van der Waals surface area contributed by atoms with E-state index in [1.807, 2.05) is 24.3 Å². The summed E-state index contributed by atoms with van der Waals surface area (Å²) in [7, 11) is 0. The van der Waals surface area contributed by atoms with Gasteiger partial charge in [0.1, 0.15) is 0 Å². The third-order valence-electron chi connectivity index (χ3n) is 3.68. The van der Waals surface area contributed by atoms with Gasteiger partial charge in [-0.05, 0) is 43.7 Å². The lowest BCUT2D eigenvalue weighted by Crippen LogP contribution is -2.24. The Labute approximate surface area is 112 Å². The van der Waals surface area contributed by atoms with Crippen LogP contribution in [0.2, 0.25) is 0 Å². The van der Waals surface area contributed by atoms with E-state index in [0.29, 0.717) is 6.54 Å². The number of nitrogens with zero attached hydrogens (tertiary/aromatic N) is 2. The van der Waals surface area contributed by atoms with Crippen molar-refractivity contribution in [3.63, 3.8) is 0 Å². The van der Waals surface area contributed by atoms with Crippen LogP contribution in [-0.4, -0.2) is 27.5 Å². The van der Waals surface area contributed by atoms with E-state index in [2.05, 4.69) is 22.2 Å². The second-order valence-corrected chi connectivity index (χ2v) is 5.04. The van der Waals surface area contributed by atoms with Crippen molar-refractivity contribution < 1.29 is 0 Å². The van der Waals surface area contributed by atoms with Crippen LogP contribution >= 0.6 is 0 Å². The molecule has 100 valence electrons. The lowest BCUT2D eigenvalue weighted by atomic mass is 10.1. The lowest BCUT2D eigenvalue weighted by molar-refractivity contribution is 0.308. The van der Waals surface area contributed by atoms with Gasteiger partial charge in [0, 0.05) is 19.6 Å². The molecule has 0 spiro atoms. The Hall–Kier alpha value is -1.97. The molecule has 0 amide bonds. The highest BCUT2D eigenvalue weighted by Crippen LogP contribution is 2.10. The minimum Gasteiger partial charge on any atom is -0.378 e. The van der Waals surface area contributed by atoms with Gasteiger partial charge in [0.2, 0.25) is 0 Å². The Morgan fingerprint density at radius 1 is 1.16 bits per heavy atom. The van der Waals surface area contributed by atoms with Gasteiger partial charge in [0.25, 0.3) is 0 Å².